The number of phenolic OH excluding ortho intramolecular Hbond substituents is 1. The van der Waals surface area contributed by atoms with Crippen molar-refractivity contribution >= 4 is 5.97 Å². The molecule has 5 heteroatoms. The zero-order valence-corrected chi connectivity index (χ0v) is 8.68. The quantitative estimate of drug-likeness (QED) is 0.729. The van der Waals surface area contributed by atoms with Gasteiger partial charge in [0.15, 0.2) is 0 Å². The van der Waals surface area contributed by atoms with E-state index in [1.54, 1.807) is 12.1 Å². The van der Waals surface area contributed by atoms with Gasteiger partial charge >= 0.3 is 5.97 Å². The molecule has 1 heterocycles. The largest absolute Gasteiger partial charge is 0.508 e. The fourth-order valence-electron chi connectivity index (χ4n) is 1.56. The molecule has 0 saturated heterocycles. The van der Waals surface area contributed by atoms with Gasteiger partial charge in [-0.15, -0.1) is 0 Å². The third-order valence-electron chi connectivity index (χ3n) is 2.29. The molecule has 86 valence electrons. The highest BCUT2D eigenvalue weighted by molar-refractivity contribution is 5.93. The Labute approximate surface area is 96.0 Å². The maximum atomic E-state index is 11.1. The van der Waals surface area contributed by atoms with E-state index in [-0.39, 0.29) is 11.4 Å². The molecule has 1 aromatic carbocycles. The first-order valence-corrected chi connectivity index (χ1v) is 4.84. The van der Waals surface area contributed by atoms with Crippen molar-refractivity contribution in [2.75, 3.05) is 0 Å². The van der Waals surface area contributed by atoms with Gasteiger partial charge in [0.2, 0.25) is 5.56 Å². The standard InChI is InChI=1S/C12H9NO4/c14-8-3-1-2-7(6-8)9-4-5-10(15)13-11(9)12(16)17/h1-6,14H,(H,13,15)(H,16,17). The van der Waals surface area contributed by atoms with Crippen LogP contribution in [-0.4, -0.2) is 21.2 Å². The van der Waals surface area contributed by atoms with E-state index < -0.39 is 11.5 Å². The third-order valence-corrected chi connectivity index (χ3v) is 2.29. The number of aromatic amines is 1. The number of phenols is 1. The minimum atomic E-state index is -1.22. The van der Waals surface area contributed by atoms with Crippen LogP contribution in [0.4, 0.5) is 0 Å². The van der Waals surface area contributed by atoms with Crippen LogP contribution in [-0.2, 0) is 0 Å². The van der Waals surface area contributed by atoms with Gasteiger partial charge in [0.1, 0.15) is 11.4 Å². The van der Waals surface area contributed by atoms with Crippen molar-refractivity contribution in [2.45, 2.75) is 0 Å². The van der Waals surface area contributed by atoms with Gasteiger partial charge in [0, 0.05) is 11.6 Å². The average Bonchev–Trinajstić information content (AvgIpc) is 2.28. The number of hydrogen-bond acceptors (Lipinski definition) is 3. The van der Waals surface area contributed by atoms with Crippen LogP contribution in [0.2, 0.25) is 0 Å². The second-order valence-corrected chi connectivity index (χ2v) is 3.47. The molecule has 0 radical (unpaired) electrons. The van der Waals surface area contributed by atoms with Crippen LogP contribution in [0.15, 0.2) is 41.2 Å². The summed E-state index contributed by atoms with van der Waals surface area (Å²) in [6.45, 7) is 0. The predicted molar refractivity (Wildman–Crippen MR) is 61.1 cm³/mol. The van der Waals surface area contributed by atoms with E-state index in [2.05, 4.69) is 4.98 Å². The van der Waals surface area contributed by atoms with Gasteiger partial charge in [0.25, 0.3) is 0 Å². The Hall–Kier alpha value is -2.56. The number of benzene rings is 1. The first-order valence-electron chi connectivity index (χ1n) is 4.84. The highest BCUT2D eigenvalue weighted by Crippen LogP contribution is 2.24. The lowest BCUT2D eigenvalue weighted by atomic mass is 10.0. The summed E-state index contributed by atoms with van der Waals surface area (Å²) in [7, 11) is 0. The van der Waals surface area contributed by atoms with Crippen LogP contribution in [0.3, 0.4) is 0 Å². The molecule has 0 aliphatic heterocycles. The first-order chi connectivity index (χ1) is 8.08. The van der Waals surface area contributed by atoms with Gasteiger partial charge in [-0.2, -0.15) is 0 Å². The number of rotatable bonds is 2. The molecule has 0 saturated carbocycles. The summed E-state index contributed by atoms with van der Waals surface area (Å²) in [5.41, 5.74) is 0.209. The first kappa shape index (κ1) is 10.9. The fraction of sp³-hybridized carbons (Fsp3) is 0. The Kier molecular flexibility index (Phi) is 2.66. The van der Waals surface area contributed by atoms with Crippen molar-refractivity contribution in [1.29, 1.82) is 0 Å². The zero-order valence-electron chi connectivity index (χ0n) is 8.68. The maximum absolute atomic E-state index is 11.1. The lowest BCUT2D eigenvalue weighted by molar-refractivity contribution is 0.0691. The highest BCUT2D eigenvalue weighted by Gasteiger charge is 2.12. The molecule has 2 aromatic rings. The molecule has 0 unspecified atom stereocenters. The van der Waals surface area contributed by atoms with Crippen LogP contribution < -0.4 is 5.56 Å². The fourth-order valence-corrected chi connectivity index (χ4v) is 1.56. The van der Waals surface area contributed by atoms with Crippen LogP contribution in [0.1, 0.15) is 10.5 Å². The number of pyridine rings is 1. The Morgan fingerprint density at radius 2 is 1.94 bits per heavy atom. The number of aromatic hydroxyl groups is 1. The number of aromatic carboxylic acids is 1. The lowest BCUT2D eigenvalue weighted by Crippen LogP contribution is -2.12. The summed E-state index contributed by atoms with van der Waals surface area (Å²) >= 11 is 0. The van der Waals surface area contributed by atoms with Crippen molar-refractivity contribution in [3.8, 4) is 16.9 Å². The summed E-state index contributed by atoms with van der Waals surface area (Å²) in [5.74, 6) is -1.19. The Balaban J connectivity index is 2.67. The summed E-state index contributed by atoms with van der Waals surface area (Å²) in [5, 5.41) is 18.3. The molecule has 0 aliphatic carbocycles. The molecule has 5 nitrogen and oxygen atoms in total. The summed E-state index contributed by atoms with van der Waals surface area (Å²) in [6, 6.07) is 8.82. The number of H-pyrrole nitrogens is 1. The average molecular weight is 231 g/mol. The molecule has 2 rings (SSSR count). The molecule has 0 atom stereocenters. The molecule has 3 N–H and O–H groups in total. The van der Waals surface area contributed by atoms with E-state index in [1.165, 1.54) is 24.3 Å². The smallest absolute Gasteiger partial charge is 0.353 e. The number of hydrogen-bond donors (Lipinski definition) is 3. The second kappa shape index (κ2) is 4.13. The SMILES string of the molecule is O=C(O)c1[nH]c(=O)ccc1-c1cccc(O)c1. The summed E-state index contributed by atoms with van der Waals surface area (Å²) < 4.78 is 0. The predicted octanol–water partition coefficient (Wildman–Crippen LogP) is 1.45. The van der Waals surface area contributed by atoms with Crippen LogP contribution in [0, 0.1) is 0 Å². The third kappa shape index (κ3) is 2.17. The van der Waals surface area contributed by atoms with Crippen molar-refractivity contribution in [3.63, 3.8) is 0 Å². The Morgan fingerprint density at radius 3 is 2.59 bits per heavy atom. The molecular weight excluding hydrogens is 222 g/mol. The minimum absolute atomic E-state index is 0.0324. The Bertz CT molecular complexity index is 630. The molecule has 0 amide bonds. The number of carboxylic acid groups (broad SMARTS) is 1. The van der Waals surface area contributed by atoms with E-state index in [0.29, 0.717) is 11.1 Å². The van der Waals surface area contributed by atoms with Gasteiger partial charge in [0.05, 0.1) is 0 Å². The van der Waals surface area contributed by atoms with Crippen LogP contribution in [0.5, 0.6) is 5.75 Å². The molecule has 0 spiro atoms. The molecule has 0 fully saturated rings. The maximum Gasteiger partial charge on any atom is 0.353 e. The van der Waals surface area contributed by atoms with Gasteiger partial charge in [-0.3, -0.25) is 4.79 Å². The van der Waals surface area contributed by atoms with Gasteiger partial charge in [-0.25, -0.2) is 4.79 Å². The molecule has 17 heavy (non-hydrogen) atoms. The molecule has 0 bridgehead atoms. The van der Waals surface area contributed by atoms with E-state index in [1.807, 2.05) is 0 Å². The number of carboxylic acids is 1. The minimum Gasteiger partial charge on any atom is -0.508 e. The number of nitrogens with one attached hydrogen (secondary N) is 1. The van der Waals surface area contributed by atoms with Gasteiger partial charge < -0.3 is 15.2 Å². The van der Waals surface area contributed by atoms with Gasteiger partial charge in [-0.05, 0) is 23.8 Å². The van der Waals surface area contributed by atoms with E-state index in [4.69, 9.17) is 5.11 Å². The number of carbonyl (C=O) groups is 1. The number of aromatic nitrogens is 1. The van der Waals surface area contributed by atoms with Crippen molar-refractivity contribution < 1.29 is 15.0 Å². The van der Waals surface area contributed by atoms with E-state index >= 15 is 0 Å². The second-order valence-electron chi connectivity index (χ2n) is 3.47. The van der Waals surface area contributed by atoms with Crippen molar-refractivity contribution in [2.24, 2.45) is 0 Å². The normalized spacial score (nSPS) is 10.1. The molecular formula is C12H9NO4. The van der Waals surface area contributed by atoms with Crippen LogP contribution >= 0.6 is 0 Å². The monoisotopic (exact) mass is 231 g/mol. The zero-order chi connectivity index (χ0) is 12.4. The molecule has 1 aromatic heterocycles. The van der Waals surface area contributed by atoms with Gasteiger partial charge in [-0.1, -0.05) is 12.1 Å². The summed E-state index contributed by atoms with van der Waals surface area (Å²) in [4.78, 5) is 24.3. The summed E-state index contributed by atoms with van der Waals surface area (Å²) in [6.07, 6.45) is 0. The van der Waals surface area contributed by atoms with Crippen molar-refractivity contribution in [1.82, 2.24) is 4.98 Å². The Morgan fingerprint density at radius 1 is 1.18 bits per heavy atom. The lowest BCUT2D eigenvalue weighted by Gasteiger charge is -2.05. The topological polar surface area (TPSA) is 90.4 Å². The molecule has 0 aliphatic rings. The van der Waals surface area contributed by atoms with E-state index in [0.717, 1.165) is 0 Å². The van der Waals surface area contributed by atoms with Crippen LogP contribution in [0.25, 0.3) is 11.1 Å². The van der Waals surface area contributed by atoms with Crippen molar-refractivity contribution in [3.05, 3.63) is 52.4 Å². The van der Waals surface area contributed by atoms with E-state index in [9.17, 15) is 14.7 Å². The highest BCUT2D eigenvalue weighted by atomic mass is 16.4.